The van der Waals surface area contributed by atoms with Crippen LogP contribution in [0.2, 0.25) is 0 Å². The molecule has 0 radical (unpaired) electrons. The van der Waals surface area contributed by atoms with Gasteiger partial charge in [-0.05, 0) is 24.5 Å². The van der Waals surface area contributed by atoms with E-state index in [1.807, 2.05) is 0 Å². The number of hydrogen-bond acceptors (Lipinski definition) is 4. The number of aliphatic carboxylic acids is 2. The highest BCUT2D eigenvalue weighted by molar-refractivity contribution is 7.89. The van der Waals surface area contributed by atoms with Crippen LogP contribution in [0.3, 0.4) is 0 Å². The first-order valence-electron chi connectivity index (χ1n) is 10.8. The maximum Gasteiger partial charge on any atom is 0.318 e. The summed E-state index contributed by atoms with van der Waals surface area (Å²) in [5, 5.41) is 18.0. The molecule has 0 amide bonds. The van der Waals surface area contributed by atoms with E-state index in [-0.39, 0.29) is 4.90 Å². The highest BCUT2D eigenvalue weighted by Gasteiger charge is 2.30. The normalized spacial score (nSPS) is 11.7. The van der Waals surface area contributed by atoms with Crippen molar-refractivity contribution in [1.82, 2.24) is 4.31 Å². The molecule has 0 saturated carbocycles. The highest BCUT2D eigenvalue weighted by Crippen LogP contribution is 2.22. The third-order valence-corrected chi connectivity index (χ3v) is 6.91. The third-order valence-electron chi connectivity index (χ3n) is 5.01. The number of hydrogen-bond donors (Lipinski definition) is 2. The van der Waals surface area contributed by atoms with Crippen LogP contribution >= 0.6 is 0 Å². The Morgan fingerprint density at radius 3 is 1.77 bits per heavy atom. The molecule has 7 nitrogen and oxygen atoms in total. The Hall–Kier alpha value is -1.93. The molecule has 0 aromatic heterocycles. The summed E-state index contributed by atoms with van der Waals surface area (Å²) in [5.41, 5.74) is 0.595. The Labute approximate surface area is 180 Å². The van der Waals surface area contributed by atoms with E-state index in [0.717, 1.165) is 19.3 Å². The predicted molar refractivity (Wildman–Crippen MR) is 116 cm³/mol. The predicted octanol–water partition coefficient (Wildman–Crippen LogP) is 4.31. The zero-order chi connectivity index (χ0) is 22.4. The summed E-state index contributed by atoms with van der Waals surface area (Å²) in [6.07, 6.45) is 12.3. The van der Waals surface area contributed by atoms with E-state index in [1.165, 1.54) is 51.0 Å². The molecule has 0 spiro atoms. The first-order chi connectivity index (χ1) is 14.3. The molecular weight excluding hydrogens is 406 g/mol. The van der Waals surface area contributed by atoms with Gasteiger partial charge in [0, 0.05) is 0 Å². The minimum Gasteiger partial charge on any atom is -0.480 e. The van der Waals surface area contributed by atoms with E-state index < -0.39 is 35.1 Å². The quantitative estimate of drug-likeness (QED) is 0.348. The summed E-state index contributed by atoms with van der Waals surface area (Å²) in [4.78, 5) is 22.0. The van der Waals surface area contributed by atoms with Crippen LogP contribution in [-0.4, -0.2) is 48.0 Å². The highest BCUT2D eigenvalue weighted by atomic mass is 32.2. The molecule has 1 aromatic carbocycles. The first-order valence-corrected chi connectivity index (χ1v) is 12.2. The Morgan fingerprint density at radius 1 is 0.800 bits per heavy atom. The molecule has 0 saturated heterocycles. The van der Waals surface area contributed by atoms with Crippen LogP contribution < -0.4 is 0 Å². The molecule has 1 aromatic rings. The molecule has 8 heteroatoms. The fourth-order valence-electron chi connectivity index (χ4n) is 3.43. The molecule has 0 heterocycles. The molecule has 0 bridgehead atoms. The number of sulfonamides is 1. The van der Waals surface area contributed by atoms with Crippen LogP contribution in [0.5, 0.6) is 0 Å². The van der Waals surface area contributed by atoms with Gasteiger partial charge in [-0.15, -0.1) is 0 Å². The van der Waals surface area contributed by atoms with Gasteiger partial charge in [0.1, 0.15) is 13.1 Å². The van der Waals surface area contributed by atoms with Gasteiger partial charge in [-0.2, -0.15) is 4.31 Å². The minimum atomic E-state index is -4.21. The van der Waals surface area contributed by atoms with Crippen molar-refractivity contribution in [3.05, 3.63) is 29.8 Å². The lowest BCUT2D eigenvalue weighted by atomic mass is 10.0. The molecule has 0 unspecified atom stereocenters. The molecule has 0 aliphatic heterocycles. The maximum atomic E-state index is 12.9. The van der Waals surface area contributed by atoms with Crippen LogP contribution in [0.1, 0.15) is 76.7 Å². The van der Waals surface area contributed by atoms with Gasteiger partial charge in [0.05, 0.1) is 4.90 Å². The molecular formula is C22H35NO6S. The number of carboxylic acids is 2. The summed E-state index contributed by atoms with van der Waals surface area (Å²) < 4.78 is 26.3. The van der Waals surface area contributed by atoms with Gasteiger partial charge in [-0.1, -0.05) is 82.9 Å². The number of nitrogens with zero attached hydrogens (tertiary/aromatic N) is 1. The zero-order valence-electron chi connectivity index (χ0n) is 17.9. The molecule has 0 atom stereocenters. The average Bonchev–Trinajstić information content (AvgIpc) is 2.68. The Kier molecular flexibility index (Phi) is 12.3. The van der Waals surface area contributed by atoms with Crippen molar-refractivity contribution >= 4 is 22.0 Å². The largest absolute Gasteiger partial charge is 0.480 e. The lowest BCUT2D eigenvalue weighted by molar-refractivity contribution is -0.139. The number of benzene rings is 1. The smallest absolute Gasteiger partial charge is 0.318 e. The van der Waals surface area contributed by atoms with Crippen LogP contribution in [0, 0.1) is 0 Å². The van der Waals surface area contributed by atoms with Crippen molar-refractivity contribution in [2.45, 2.75) is 82.4 Å². The second kappa shape index (κ2) is 14.1. The summed E-state index contributed by atoms with van der Waals surface area (Å²) in [5.74, 6) is -2.79. The SMILES string of the molecule is CCCCCCCCCCCCc1ccccc1S(=O)(=O)N(CC(=O)O)CC(=O)O. The fraction of sp³-hybridized carbons (Fsp3) is 0.636. The fourth-order valence-corrected chi connectivity index (χ4v) is 5.02. The van der Waals surface area contributed by atoms with E-state index in [2.05, 4.69) is 6.92 Å². The van der Waals surface area contributed by atoms with E-state index in [0.29, 0.717) is 16.3 Å². The van der Waals surface area contributed by atoms with Crippen LogP contribution in [0.4, 0.5) is 0 Å². The molecule has 2 N–H and O–H groups in total. The van der Waals surface area contributed by atoms with E-state index in [4.69, 9.17) is 10.2 Å². The van der Waals surface area contributed by atoms with Crippen LogP contribution in [-0.2, 0) is 26.0 Å². The molecule has 0 fully saturated rings. The number of aryl methyl sites for hydroxylation is 1. The number of unbranched alkanes of at least 4 members (excludes halogenated alkanes) is 9. The monoisotopic (exact) mass is 441 g/mol. The number of carboxylic acid groups (broad SMARTS) is 2. The van der Waals surface area contributed by atoms with Crippen LogP contribution in [0.15, 0.2) is 29.2 Å². The van der Waals surface area contributed by atoms with Gasteiger partial charge >= 0.3 is 11.9 Å². The van der Waals surface area contributed by atoms with Gasteiger partial charge in [0.2, 0.25) is 10.0 Å². The van der Waals surface area contributed by atoms with E-state index in [1.54, 1.807) is 18.2 Å². The third kappa shape index (κ3) is 9.71. The lowest BCUT2D eigenvalue weighted by Crippen LogP contribution is -2.39. The average molecular weight is 442 g/mol. The maximum absolute atomic E-state index is 12.9. The van der Waals surface area contributed by atoms with Crippen molar-refractivity contribution in [2.75, 3.05) is 13.1 Å². The van der Waals surface area contributed by atoms with Crippen molar-refractivity contribution in [3.63, 3.8) is 0 Å². The minimum absolute atomic E-state index is 0.0107. The van der Waals surface area contributed by atoms with Crippen molar-refractivity contribution in [2.24, 2.45) is 0 Å². The van der Waals surface area contributed by atoms with Gasteiger partial charge in [0.15, 0.2) is 0 Å². The summed E-state index contributed by atoms with van der Waals surface area (Å²) in [6, 6.07) is 6.43. The Bertz CT molecular complexity index is 747. The second-order valence-electron chi connectivity index (χ2n) is 7.60. The van der Waals surface area contributed by atoms with Crippen molar-refractivity contribution in [1.29, 1.82) is 0 Å². The van der Waals surface area contributed by atoms with Crippen molar-refractivity contribution in [3.8, 4) is 0 Å². The van der Waals surface area contributed by atoms with Gasteiger partial charge < -0.3 is 10.2 Å². The standard InChI is InChI=1S/C22H35NO6S/c1-2-3-4-5-6-7-8-9-10-11-14-19-15-12-13-16-20(19)30(28,29)23(17-21(24)25)18-22(26)27/h12-13,15-16H,2-11,14,17-18H2,1H3,(H,24,25)(H,26,27). The molecule has 30 heavy (non-hydrogen) atoms. The van der Waals surface area contributed by atoms with Crippen LogP contribution in [0.25, 0.3) is 0 Å². The van der Waals surface area contributed by atoms with Gasteiger partial charge in [-0.3, -0.25) is 9.59 Å². The second-order valence-corrected chi connectivity index (χ2v) is 9.51. The molecule has 1 rings (SSSR count). The number of rotatable bonds is 17. The van der Waals surface area contributed by atoms with E-state index in [9.17, 15) is 18.0 Å². The Morgan fingerprint density at radius 2 is 1.27 bits per heavy atom. The van der Waals surface area contributed by atoms with Crippen molar-refractivity contribution < 1.29 is 28.2 Å². The van der Waals surface area contributed by atoms with Gasteiger partial charge in [-0.25, -0.2) is 8.42 Å². The molecule has 170 valence electrons. The summed E-state index contributed by atoms with van der Waals surface area (Å²) >= 11 is 0. The Balaban J connectivity index is 2.62. The number of carbonyl (C=O) groups is 2. The summed E-state index contributed by atoms with van der Waals surface area (Å²) in [6.45, 7) is 0.432. The zero-order valence-corrected chi connectivity index (χ0v) is 18.7. The first kappa shape index (κ1) is 26.1. The lowest BCUT2D eigenvalue weighted by Gasteiger charge is -2.20. The molecule has 0 aliphatic rings. The van der Waals surface area contributed by atoms with Gasteiger partial charge in [0.25, 0.3) is 0 Å². The topological polar surface area (TPSA) is 112 Å². The molecule has 0 aliphatic carbocycles. The summed E-state index contributed by atoms with van der Waals surface area (Å²) in [7, 11) is -4.21. The van der Waals surface area contributed by atoms with E-state index >= 15 is 0 Å².